The van der Waals surface area contributed by atoms with E-state index in [0.29, 0.717) is 5.56 Å². The summed E-state index contributed by atoms with van der Waals surface area (Å²) >= 11 is 0. The van der Waals surface area contributed by atoms with Crippen LogP contribution >= 0.6 is 0 Å². The molecule has 2 atom stereocenters. The van der Waals surface area contributed by atoms with E-state index in [2.05, 4.69) is 19.6 Å². The number of phenols is 2. The van der Waals surface area contributed by atoms with Crippen molar-refractivity contribution in [2.45, 2.75) is 32.6 Å². The number of hydrogen-bond acceptors (Lipinski definition) is 2. The van der Waals surface area contributed by atoms with Gasteiger partial charge in [0.05, 0.1) is 0 Å². The molecular formula is C22H24O2. The van der Waals surface area contributed by atoms with E-state index in [-0.39, 0.29) is 23.3 Å². The SMILES string of the molecule is C=C(C)[C@@H]1CCC(C)=CC1c1c(O)cc(-c2ccccc2)cc1O. The Labute approximate surface area is 143 Å². The van der Waals surface area contributed by atoms with Crippen LogP contribution in [0.4, 0.5) is 0 Å². The number of aromatic hydroxyl groups is 2. The molecule has 0 spiro atoms. The van der Waals surface area contributed by atoms with Gasteiger partial charge in [0.1, 0.15) is 11.5 Å². The maximum Gasteiger partial charge on any atom is 0.123 e. The fourth-order valence-electron chi connectivity index (χ4n) is 3.67. The highest BCUT2D eigenvalue weighted by atomic mass is 16.3. The smallest absolute Gasteiger partial charge is 0.123 e. The highest BCUT2D eigenvalue weighted by Crippen LogP contribution is 2.47. The number of benzene rings is 2. The molecule has 2 N–H and O–H groups in total. The van der Waals surface area contributed by atoms with Gasteiger partial charge in [-0.15, -0.1) is 0 Å². The van der Waals surface area contributed by atoms with Gasteiger partial charge < -0.3 is 10.2 Å². The molecule has 0 radical (unpaired) electrons. The Bertz CT molecular complexity index is 764. The third-order valence-corrected chi connectivity index (χ3v) is 4.96. The zero-order valence-corrected chi connectivity index (χ0v) is 14.3. The minimum absolute atomic E-state index is 0.0268. The summed E-state index contributed by atoms with van der Waals surface area (Å²) in [5.41, 5.74) is 4.79. The quantitative estimate of drug-likeness (QED) is 0.704. The van der Waals surface area contributed by atoms with Gasteiger partial charge in [0, 0.05) is 11.5 Å². The van der Waals surface area contributed by atoms with Gasteiger partial charge in [0.2, 0.25) is 0 Å². The van der Waals surface area contributed by atoms with Crippen LogP contribution in [-0.4, -0.2) is 10.2 Å². The van der Waals surface area contributed by atoms with Gasteiger partial charge in [-0.1, -0.05) is 54.1 Å². The van der Waals surface area contributed by atoms with Crippen molar-refractivity contribution >= 4 is 0 Å². The van der Waals surface area contributed by atoms with Crippen LogP contribution in [0.15, 0.2) is 66.3 Å². The molecular weight excluding hydrogens is 296 g/mol. The molecule has 2 aromatic rings. The average Bonchev–Trinajstić information content (AvgIpc) is 2.55. The summed E-state index contributed by atoms with van der Waals surface area (Å²) in [6.07, 6.45) is 4.21. The summed E-state index contributed by atoms with van der Waals surface area (Å²) in [6.45, 7) is 8.24. The molecule has 1 aliphatic rings. The van der Waals surface area contributed by atoms with Crippen LogP contribution in [0.25, 0.3) is 11.1 Å². The van der Waals surface area contributed by atoms with Gasteiger partial charge in [-0.3, -0.25) is 0 Å². The Balaban J connectivity index is 2.08. The van der Waals surface area contributed by atoms with Crippen molar-refractivity contribution in [1.29, 1.82) is 0 Å². The Kier molecular flexibility index (Phi) is 4.48. The molecule has 0 saturated carbocycles. The van der Waals surface area contributed by atoms with Crippen LogP contribution in [0.5, 0.6) is 11.5 Å². The average molecular weight is 320 g/mol. The first-order chi connectivity index (χ1) is 11.5. The van der Waals surface area contributed by atoms with Crippen LogP contribution in [0.1, 0.15) is 38.2 Å². The Morgan fingerprint density at radius 2 is 1.67 bits per heavy atom. The van der Waals surface area contributed by atoms with Crippen LogP contribution in [0, 0.1) is 5.92 Å². The number of rotatable bonds is 3. The fraction of sp³-hybridized carbons (Fsp3) is 0.273. The lowest BCUT2D eigenvalue weighted by molar-refractivity contribution is 0.407. The molecule has 0 aromatic heterocycles. The third kappa shape index (κ3) is 3.09. The fourth-order valence-corrected chi connectivity index (χ4v) is 3.67. The monoisotopic (exact) mass is 320 g/mol. The highest BCUT2D eigenvalue weighted by Gasteiger charge is 2.30. The minimum Gasteiger partial charge on any atom is -0.507 e. The topological polar surface area (TPSA) is 40.5 Å². The van der Waals surface area contributed by atoms with E-state index >= 15 is 0 Å². The van der Waals surface area contributed by atoms with Crippen molar-refractivity contribution < 1.29 is 10.2 Å². The first kappa shape index (κ1) is 16.4. The van der Waals surface area contributed by atoms with Crippen LogP contribution in [-0.2, 0) is 0 Å². The van der Waals surface area contributed by atoms with E-state index in [1.807, 2.05) is 37.3 Å². The molecule has 1 unspecified atom stereocenters. The molecule has 2 nitrogen and oxygen atoms in total. The van der Waals surface area contributed by atoms with Crippen molar-refractivity contribution in [3.63, 3.8) is 0 Å². The van der Waals surface area contributed by atoms with Crippen LogP contribution < -0.4 is 0 Å². The number of hydrogen-bond donors (Lipinski definition) is 2. The zero-order chi connectivity index (χ0) is 17.3. The van der Waals surface area contributed by atoms with E-state index < -0.39 is 0 Å². The Morgan fingerprint density at radius 3 is 2.25 bits per heavy atom. The first-order valence-corrected chi connectivity index (χ1v) is 8.41. The van der Waals surface area contributed by atoms with Crippen molar-refractivity contribution in [3.8, 4) is 22.6 Å². The molecule has 1 aliphatic carbocycles. The van der Waals surface area contributed by atoms with E-state index in [4.69, 9.17) is 0 Å². The molecule has 0 saturated heterocycles. The number of phenolic OH excluding ortho intramolecular Hbond substituents is 2. The molecule has 0 bridgehead atoms. The first-order valence-electron chi connectivity index (χ1n) is 8.41. The van der Waals surface area contributed by atoms with Gasteiger partial charge in [-0.2, -0.15) is 0 Å². The molecule has 2 aromatic carbocycles. The maximum atomic E-state index is 10.7. The lowest BCUT2D eigenvalue weighted by Gasteiger charge is -2.31. The molecule has 2 heteroatoms. The lowest BCUT2D eigenvalue weighted by Crippen LogP contribution is -2.17. The van der Waals surface area contributed by atoms with Crippen LogP contribution in [0.2, 0.25) is 0 Å². The van der Waals surface area contributed by atoms with E-state index in [9.17, 15) is 10.2 Å². The molecule has 0 fully saturated rings. The summed E-state index contributed by atoms with van der Waals surface area (Å²) in [5.74, 6) is 0.515. The maximum absolute atomic E-state index is 10.7. The molecule has 0 heterocycles. The molecule has 24 heavy (non-hydrogen) atoms. The second kappa shape index (κ2) is 6.56. The van der Waals surface area contributed by atoms with Crippen molar-refractivity contribution in [1.82, 2.24) is 0 Å². The van der Waals surface area contributed by atoms with Crippen molar-refractivity contribution in [2.24, 2.45) is 5.92 Å². The van der Waals surface area contributed by atoms with E-state index in [1.54, 1.807) is 12.1 Å². The minimum atomic E-state index is -0.0268. The van der Waals surface area contributed by atoms with Crippen molar-refractivity contribution in [2.75, 3.05) is 0 Å². The van der Waals surface area contributed by atoms with Gasteiger partial charge in [0.15, 0.2) is 0 Å². The molecule has 124 valence electrons. The van der Waals surface area contributed by atoms with Gasteiger partial charge in [0.25, 0.3) is 0 Å². The zero-order valence-electron chi connectivity index (χ0n) is 14.3. The van der Waals surface area contributed by atoms with Gasteiger partial charge in [-0.05, 0) is 55.9 Å². The Hall–Kier alpha value is -2.48. The second-order valence-corrected chi connectivity index (χ2v) is 6.82. The predicted octanol–water partition coefficient (Wildman–Crippen LogP) is 5.78. The standard InChI is InChI=1S/C22H24O2/c1-14(2)18-10-9-15(3)11-19(18)22-20(23)12-17(13-21(22)24)16-7-5-4-6-8-16/h4-8,11-13,18-19,23-24H,1,9-10H2,2-3H3/t18-,19?/m0/s1. The van der Waals surface area contributed by atoms with Crippen molar-refractivity contribution in [3.05, 3.63) is 71.8 Å². The molecule has 0 aliphatic heterocycles. The molecule has 3 rings (SSSR count). The highest BCUT2D eigenvalue weighted by molar-refractivity contribution is 5.69. The summed E-state index contributed by atoms with van der Waals surface area (Å²) in [6, 6.07) is 13.3. The summed E-state index contributed by atoms with van der Waals surface area (Å²) < 4.78 is 0. The van der Waals surface area contributed by atoms with E-state index in [0.717, 1.165) is 29.5 Å². The van der Waals surface area contributed by atoms with Gasteiger partial charge >= 0.3 is 0 Å². The third-order valence-electron chi connectivity index (χ3n) is 4.96. The number of allylic oxidation sites excluding steroid dienone is 3. The predicted molar refractivity (Wildman–Crippen MR) is 99.2 cm³/mol. The lowest BCUT2D eigenvalue weighted by atomic mass is 9.73. The largest absolute Gasteiger partial charge is 0.507 e. The summed E-state index contributed by atoms with van der Waals surface area (Å²) in [7, 11) is 0. The second-order valence-electron chi connectivity index (χ2n) is 6.82. The van der Waals surface area contributed by atoms with E-state index in [1.165, 1.54) is 5.57 Å². The normalized spacial score (nSPS) is 20.5. The molecule has 0 amide bonds. The summed E-state index contributed by atoms with van der Waals surface area (Å²) in [5, 5.41) is 21.3. The van der Waals surface area contributed by atoms with Crippen LogP contribution in [0.3, 0.4) is 0 Å². The van der Waals surface area contributed by atoms with Gasteiger partial charge in [-0.25, -0.2) is 0 Å². The summed E-state index contributed by atoms with van der Waals surface area (Å²) in [4.78, 5) is 0. The Morgan fingerprint density at radius 1 is 1.04 bits per heavy atom.